The van der Waals surface area contributed by atoms with Gasteiger partial charge in [-0.05, 0) is 13.3 Å². The molecule has 0 aromatic heterocycles. The predicted octanol–water partition coefficient (Wildman–Crippen LogP) is 1.18. The van der Waals surface area contributed by atoms with E-state index in [-0.39, 0.29) is 16.9 Å². The summed E-state index contributed by atoms with van der Waals surface area (Å²) in [5.41, 5.74) is -0.819. The van der Waals surface area contributed by atoms with Gasteiger partial charge in [0, 0.05) is 6.42 Å². The normalized spacial score (nSPS) is 46.1. The molecule has 5 heteroatoms. The second-order valence-electron chi connectivity index (χ2n) is 4.21. The molecule has 1 N–H and O–H groups in total. The maximum Gasteiger partial charge on any atom is 0.313 e. The zero-order chi connectivity index (χ0) is 10.5. The molecule has 2 bridgehead atoms. The number of hydrogen-bond acceptors (Lipinski definition) is 3. The van der Waals surface area contributed by atoms with Gasteiger partial charge in [0.05, 0.1) is 16.2 Å². The third-order valence-corrected chi connectivity index (χ3v) is 4.24. The Morgan fingerprint density at radius 1 is 1.71 bits per heavy atom. The third kappa shape index (κ3) is 1.18. The maximum atomic E-state index is 11.5. The van der Waals surface area contributed by atoms with Crippen molar-refractivity contribution in [1.82, 2.24) is 0 Å². The van der Waals surface area contributed by atoms with Crippen LogP contribution in [0.5, 0.6) is 0 Å². The van der Waals surface area contributed by atoms with E-state index in [4.69, 9.17) is 9.84 Å². The monoisotopic (exact) mass is 262 g/mol. The summed E-state index contributed by atoms with van der Waals surface area (Å²) >= 11 is 3.36. The molecule has 0 spiro atoms. The molecule has 0 amide bonds. The molecule has 0 aromatic carbocycles. The largest absolute Gasteiger partial charge is 0.481 e. The molecule has 0 aromatic rings. The van der Waals surface area contributed by atoms with Crippen LogP contribution in [-0.2, 0) is 14.3 Å². The van der Waals surface area contributed by atoms with Gasteiger partial charge in [-0.2, -0.15) is 0 Å². The number of ether oxygens (including phenoxy) is 1. The predicted molar refractivity (Wildman–Crippen MR) is 51.1 cm³/mol. The van der Waals surface area contributed by atoms with E-state index in [1.54, 1.807) is 6.92 Å². The quantitative estimate of drug-likeness (QED) is 0.570. The fourth-order valence-electron chi connectivity index (χ4n) is 2.31. The summed E-state index contributed by atoms with van der Waals surface area (Å²) < 4.78 is 5.13. The Morgan fingerprint density at radius 3 is 2.93 bits per heavy atom. The Balaban J connectivity index is 2.35. The average molecular weight is 263 g/mol. The first-order valence-corrected chi connectivity index (χ1v) is 5.44. The lowest BCUT2D eigenvalue weighted by atomic mass is 9.68. The van der Waals surface area contributed by atoms with Crippen molar-refractivity contribution in [3.05, 3.63) is 0 Å². The summed E-state index contributed by atoms with van der Waals surface area (Å²) in [4.78, 5) is 22.5. The summed E-state index contributed by atoms with van der Waals surface area (Å²) in [5.74, 6) is -1.90. The molecule has 2 fully saturated rings. The fourth-order valence-corrected chi connectivity index (χ4v) is 2.98. The number of carbonyl (C=O) groups excluding carboxylic acids is 1. The molecular formula is C9H11BrO4. The van der Waals surface area contributed by atoms with Crippen molar-refractivity contribution in [2.45, 2.75) is 30.7 Å². The number of rotatable bonds is 1. The van der Waals surface area contributed by atoms with Crippen LogP contribution >= 0.6 is 15.9 Å². The van der Waals surface area contributed by atoms with Gasteiger partial charge in [0.25, 0.3) is 0 Å². The van der Waals surface area contributed by atoms with Gasteiger partial charge in [-0.15, -0.1) is 0 Å². The van der Waals surface area contributed by atoms with E-state index in [2.05, 4.69) is 15.9 Å². The second-order valence-corrected chi connectivity index (χ2v) is 5.38. The highest BCUT2D eigenvalue weighted by molar-refractivity contribution is 9.09. The van der Waals surface area contributed by atoms with Gasteiger partial charge >= 0.3 is 11.9 Å². The lowest BCUT2D eigenvalue weighted by Crippen LogP contribution is -2.42. The minimum Gasteiger partial charge on any atom is -0.481 e. The number of alkyl halides is 1. The second kappa shape index (κ2) is 2.95. The van der Waals surface area contributed by atoms with Gasteiger partial charge < -0.3 is 9.84 Å². The Kier molecular flexibility index (Phi) is 2.10. The van der Waals surface area contributed by atoms with E-state index in [0.717, 1.165) is 0 Å². The Morgan fingerprint density at radius 2 is 2.36 bits per heavy atom. The molecule has 1 aliphatic carbocycles. The number of esters is 1. The number of aliphatic carboxylic acids is 1. The van der Waals surface area contributed by atoms with E-state index >= 15 is 0 Å². The Bertz CT molecular complexity index is 303. The van der Waals surface area contributed by atoms with E-state index in [9.17, 15) is 9.59 Å². The van der Waals surface area contributed by atoms with Crippen molar-refractivity contribution in [3.8, 4) is 0 Å². The van der Waals surface area contributed by atoms with E-state index < -0.39 is 17.3 Å². The molecule has 1 heterocycles. The van der Waals surface area contributed by atoms with Gasteiger partial charge in [-0.3, -0.25) is 9.59 Å². The van der Waals surface area contributed by atoms with Crippen LogP contribution in [0.2, 0.25) is 0 Å². The van der Waals surface area contributed by atoms with Gasteiger partial charge in [0.1, 0.15) is 6.10 Å². The molecule has 0 radical (unpaired) electrons. The highest BCUT2D eigenvalue weighted by Crippen LogP contribution is 2.50. The van der Waals surface area contributed by atoms with Crippen molar-refractivity contribution in [1.29, 1.82) is 0 Å². The van der Waals surface area contributed by atoms with E-state index in [1.165, 1.54) is 0 Å². The molecule has 4 nitrogen and oxygen atoms in total. The van der Waals surface area contributed by atoms with Crippen LogP contribution in [0.25, 0.3) is 0 Å². The fraction of sp³-hybridized carbons (Fsp3) is 0.778. The number of fused-ring (bicyclic) bond motifs is 2. The van der Waals surface area contributed by atoms with Crippen LogP contribution in [0.3, 0.4) is 0 Å². The molecule has 1 saturated carbocycles. The SMILES string of the molecule is CC12CC(OC1=O)C(Br)CC2C(=O)O. The summed E-state index contributed by atoms with van der Waals surface area (Å²) in [5, 5.41) is 9.03. The number of halogens is 1. The molecule has 2 rings (SSSR count). The van der Waals surface area contributed by atoms with Crippen LogP contribution in [0.15, 0.2) is 0 Å². The number of hydrogen-bond donors (Lipinski definition) is 1. The minimum atomic E-state index is -0.908. The van der Waals surface area contributed by atoms with Crippen molar-refractivity contribution in [2.24, 2.45) is 11.3 Å². The van der Waals surface area contributed by atoms with Crippen molar-refractivity contribution < 1.29 is 19.4 Å². The van der Waals surface area contributed by atoms with E-state index in [0.29, 0.717) is 12.8 Å². The standard InChI is InChI=1S/C9H11BrO4/c1-9-3-6(14-8(9)13)5(10)2-4(9)7(11)12/h4-6H,2-3H2,1H3,(H,11,12). The number of carboxylic acid groups (broad SMARTS) is 1. The number of carbonyl (C=O) groups is 2. The minimum absolute atomic E-state index is 0.0249. The molecule has 1 saturated heterocycles. The van der Waals surface area contributed by atoms with Crippen LogP contribution in [0, 0.1) is 11.3 Å². The lowest BCUT2D eigenvalue weighted by molar-refractivity contribution is -0.156. The molecule has 78 valence electrons. The number of carboxylic acids is 1. The molecule has 1 aliphatic heterocycles. The van der Waals surface area contributed by atoms with Gasteiger partial charge in [0.15, 0.2) is 0 Å². The summed E-state index contributed by atoms with van der Waals surface area (Å²) in [6, 6.07) is 0. The molecule has 4 atom stereocenters. The van der Waals surface area contributed by atoms with Crippen LogP contribution < -0.4 is 0 Å². The van der Waals surface area contributed by atoms with Crippen molar-refractivity contribution >= 4 is 27.9 Å². The van der Waals surface area contributed by atoms with Gasteiger partial charge in [-0.1, -0.05) is 15.9 Å². The Hall–Kier alpha value is -0.580. The summed E-state index contributed by atoms with van der Waals surface area (Å²) in [6.07, 6.45) is 0.823. The summed E-state index contributed by atoms with van der Waals surface area (Å²) in [6.45, 7) is 1.69. The average Bonchev–Trinajstić information content (AvgIpc) is 2.34. The smallest absolute Gasteiger partial charge is 0.313 e. The van der Waals surface area contributed by atoms with Crippen LogP contribution in [0.1, 0.15) is 19.8 Å². The van der Waals surface area contributed by atoms with Crippen LogP contribution in [0.4, 0.5) is 0 Å². The first-order valence-electron chi connectivity index (χ1n) is 4.53. The zero-order valence-electron chi connectivity index (χ0n) is 7.70. The molecule has 4 unspecified atom stereocenters. The summed E-state index contributed by atoms with van der Waals surface area (Å²) in [7, 11) is 0. The first kappa shape index (κ1) is 9.96. The van der Waals surface area contributed by atoms with Gasteiger partial charge in [0.2, 0.25) is 0 Å². The van der Waals surface area contributed by atoms with Crippen molar-refractivity contribution in [3.63, 3.8) is 0 Å². The molecule has 2 aliphatic rings. The van der Waals surface area contributed by atoms with Gasteiger partial charge in [-0.25, -0.2) is 0 Å². The Labute approximate surface area is 89.7 Å². The zero-order valence-corrected chi connectivity index (χ0v) is 9.28. The topological polar surface area (TPSA) is 63.6 Å². The highest BCUT2D eigenvalue weighted by Gasteiger charge is 2.59. The van der Waals surface area contributed by atoms with Crippen molar-refractivity contribution in [2.75, 3.05) is 0 Å². The lowest BCUT2D eigenvalue weighted by Gasteiger charge is -2.32. The maximum absolute atomic E-state index is 11.5. The van der Waals surface area contributed by atoms with E-state index in [1.807, 2.05) is 0 Å². The third-order valence-electron chi connectivity index (χ3n) is 3.28. The highest BCUT2D eigenvalue weighted by atomic mass is 79.9. The van der Waals surface area contributed by atoms with Crippen LogP contribution in [-0.4, -0.2) is 28.0 Å². The molecular weight excluding hydrogens is 252 g/mol. The first-order chi connectivity index (χ1) is 6.45. The molecule has 14 heavy (non-hydrogen) atoms.